The van der Waals surface area contributed by atoms with Crippen LogP contribution in [-0.2, 0) is 0 Å². The molecule has 14 rings (SSSR count). The van der Waals surface area contributed by atoms with Gasteiger partial charge in [-0.3, -0.25) is 0 Å². The number of nitrogens with zero attached hydrogens (tertiary/aromatic N) is 2. The first-order valence-corrected chi connectivity index (χ1v) is 24.3. The van der Waals surface area contributed by atoms with Gasteiger partial charge in [0.15, 0.2) is 0 Å². The van der Waals surface area contributed by atoms with Gasteiger partial charge in [0.25, 0.3) is 0 Å². The Labute approximate surface area is 411 Å². The second kappa shape index (κ2) is 16.7. The number of fused-ring (bicyclic) bond motifs is 9. The Morgan fingerprint density at radius 3 is 1.65 bits per heavy atom. The van der Waals surface area contributed by atoms with E-state index in [1.807, 2.05) is 12.1 Å². The molecule has 0 atom stereocenters. The van der Waals surface area contributed by atoms with Crippen molar-refractivity contribution in [3.8, 4) is 50.2 Å². The summed E-state index contributed by atoms with van der Waals surface area (Å²) in [5.41, 5.74) is 17.7. The highest BCUT2D eigenvalue weighted by Gasteiger charge is 2.20. The monoisotopic (exact) mass is 904 g/mol. The average Bonchev–Trinajstić information content (AvgIpc) is 3.99. The maximum Gasteiger partial charge on any atom is 0.136 e. The summed E-state index contributed by atoms with van der Waals surface area (Å²) in [4.78, 5) is 2.40. The molecular weight excluding hydrogens is 861 g/mol. The van der Waals surface area contributed by atoms with E-state index < -0.39 is 0 Å². The van der Waals surface area contributed by atoms with Gasteiger partial charge >= 0.3 is 0 Å². The summed E-state index contributed by atoms with van der Waals surface area (Å²) in [6.07, 6.45) is 0. The van der Waals surface area contributed by atoms with Crippen molar-refractivity contribution in [2.75, 3.05) is 4.90 Å². The van der Waals surface area contributed by atoms with Crippen LogP contribution < -0.4 is 4.90 Å². The number of rotatable bonds is 8. The Morgan fingerprint density at radius 2 is 0.831 bits per heavy atom. The second-order valence-corrected chi connectivity index (χ2v) is 18.5. The van der Waals surface area contributed by atoms with E-state index in [1.54, 1.807) is 0 Å². The van der Waals surface area contributed by atoms with E-state index >= 15 is 0 Å². The zero-order valence-corrected chi connectivity index (χ0v) is 38.7. The summed E-state index contributed by atoms with van der Waals surface area (Å²) in [7, 11) is 0. The maximum atomic E-state index is 6.43. The van der Waals surface area contributed by atoms with Gasteiger partial charge in [-0.2, -0.15) is 0 Å². The predicted octanol–water partition coefficient (Wildman–Crippen LogP) is 19.1. The number of anilines is 3. The van der Waals surface area contributed by atoms with Crippen molar-refractivity contribution in [1.29, 1.82) is 0 Å². The van der Waals surface area contributed by atoms with Crippen LogP contribution in [0.1, 0.15) is 0 Å². The highest BCUT2D eigenvalue weighted by atomic mass is 16.3. The molecule has 3 heteroatoms. The van der Waals surface area contributed by atoms with Gasteiger partial charge < -0.3 is 13.9 Å². The van der Waals surface area contributed by atoms with Gasteiger partial charge in [-0.1, -0.05) is 182 Å². The van der Waals surface area contributed by atoms with Crippen molar-refractivity contribution in [3.05, 3.63) is 267 Å². The molecule has 0 aliphatic carbocycles. The molecule has 3 nitrogen and oxygen atoms in total. The Kier molecular flexibility index (Phi) is 9.53. The number of para-hydroxylation sites is 4. The summed E-state index contributed by atoms with van der Waals surface area (Å²) in [6, 6.07) is 96.8. The Hall–Kier alpha value is -9.44. The van der Waals surface area contributed by atoms with Crippen molar-refractivity contribution in [2.45, 2.75) is 0 Å². The summed E-state index contributed by atoms with van der Waals surface area (Å²) in [5, 5.41) is 9.78. The van der Waals surface area contributed by atoms with Crippen LogP contribution in [-0.4, -0.2) is 4.57 Å². The van der Waals surface area contributed by atoms with E-state index in [9.17, 15) is 0 Å². The van der Waals surface area contributed by atoms with E-state index in [0.29, 0.717) is 0 Å². The van der Waals surface area contributed by atoms with Gasteiger partial charge in [0.05, 0.1) is 16.7 Å². The van der Waals surface area contributed by atoms with Gasteiger partial charge in [-0.05, 0) is 145 Å². The fourth-order valence-electron chi connectivity index (χ4n) is 11.0. The molecular formula is C68H44N2O. The number of aromatic nitrogens is 1. The molecule has 2 aromatic heterocycles. The maximum absolute atomic E-state index is 6.43. The summed E-state index contributed by atoms with van der Waals surface area (Å²) in [5.74, 6) is 0. The first-order chi connectivity index (χ1) is 35.2. The Bertz CT molecular complexity index is 4310. The molecule has 0 aliphatic heterocycles. The third-order valence-corrected chi connectivity index (χ3v) is 14.4. The largest absolute Gasteiger partial charge is 0.456 e. The topological polar surface area (TPSA) is 21.3 Å². The Morgan fingerprint density at radius 1 is 0.282 bits per heavy atom. The molecule has 71 heavy (non-hydrogen) atoms. The average molecular weight is 905 g/mol. The minimum atomic E-state index is 0.876. The number of furan rings is 1. The standard InChI is InChI=1S/C68H44N2O/c1-2-21-57-46(14-1)30-31-52-41-51(34-38-58(52)57)50-18-12-19-55(42-50)69(64-26-7-3-22-59(64)53-35-39-63-62-25-6-10-29-67(62)71-68(63)44-53)54-36-32-45(33-37-54)47-15-11-16-48(40-47)49-17-13-20-56(43-49)70-65-27-8-4-23-60(65)61-24-5-9-28-66(61)70/h1-44H. The van der Waals surface area contributed by atoms with Crippen molar-refractivity contribution < 1.29 is 4.42 Å². The molecule has 12 aromatic carbocycles. The van der Waals surface area contributed by atoms with Crippen LogP contribution in [0, 0.1) is 0 Å². The lowest BCUT2D eigenvalue weighted by atomic mass is 9.96. The molecule has 0 radical (unpaired) electrons. The van der Waals surface area contributed by atoms with Crippen molar-refractivity contribution in [3.63, 3.8) is 0 Å². The molecule has 0 spiro atoms. The smallest absolute Gasteiger partial charge is 0.136 e. The number of hydrogen-bond acceptors (Lipinski definition) is 2. The quantitative estimate of drug-likeness (QED) is 0.142. The van der Waals surface area contributed by atoms with Crippen LogP contribution >= 0.6 is 0 Å². The predicted molar refractivity (Wildman–Crippen MR) is 299 cm³/mol. The van der Waals surface area contributed by atoms with E-state index in [2.05, 4.69) is 264 Å². The summed E-state index contributed by atoms with van der Waals surface area (Å²) >= 11 is 0. The van der Waals surface area contributed by atoms with Crippen molar-refractivity contribution in [2.24, 2.45) is 0 Å². The first-order valence-electron chi connectivity index (χ1n) is 24.3. The third-order valence-electron chi connectivity index (χ3n) is 14.4. The van der Waals surface area contributed by atoms with Crippen LogP contribution in [0.3, 0.4) is 0 Å². The van der Waals surface area contributed by atoms with E-state index in [4.69, 9.17) is 4.42 Å². The molecule has 0 saturated carbocycles. The first kappa shape index (κ1) is 40.6. The van der Waals surface area contributed by atoms with Crippen LogP contribution in [0.25, 0.3) is 115 Å². The lowest BCUT2D eigenvalue weighted by Gasteiger charge is -2.28. The van der Waals surface area contributed by atoms with Gasteiger partial charge in [0.1, 0.15) is 11.2 Å². The SMILES string of the molecule is c1cc(-c2ccc(N(c3cccc(-c4ccc5c(ccc6ccccc65)c4)c3)c3ccccc3-c3ccc4c(c3)oc3ccccc34)cc2)cc(-c2cccc(-n3c4ccccc4c4ccccc43)c2)c1. The minimum Gasteiger partial charge on any atom is -0.456 e. The molecule has 0 aliphatic rings. The second-order valence-electron chi connectivity index (χ2n) is 18.5. The highest BCUT2D eigenvalue weighted by molar-refractivity contribution is 6.10. The van der Waals surface area contributed by atoms with Crippen molar-refractivity contribution >= 4 is 82.4 Å². The number of benzene rings is 12. The molecule has 0 fully saturated rings. The number of hydrogen-bond donors (Lipinski definition) is 0. The van der Waals surface area contributed by atoms with E-state index in [1.165, 1.54) is 60.0 Å². The van der Waals surface area contributed by atoms with Gasteiger partial charge in [0, 0.05) is 44.2 Å². The molecule has 0 unspecified atom stereocenters. The van der Waals surface area contributed by atoms with Crippen LogP contribution in [0.4, 0.5) is 17.1 Å². The lowest BCUT2D eigenvalue weighted by molar-refractivity contribution is 0.669. The third kappa shape index (κ3) is 6.97. The zero-order valence-electron chi connectivity index (χ0n) is 38.7. The fourth-order valence-corrected chi connectivity index (χ4v) is 11.0. The van der Waals surface area contributed by atoms with Crippen LogP contribution in [0.15, 0.2) is 271 Å². The molecule has 0 bridgehead atoms. The molecule has 2 heterocycles. The van der Waals surface area contributed by atoms with E-state index in [0.717, 1.165) is 72.5 Å². The summed E-state index contributed by atoms with van der Waals surface area (Å²) in [6.45, 7) is 0. The van der Waals surface area contributed by atoms with Gasteiger partial charge in [-0.15, -0.1) is 0 Å². The lowest BCUT2D eigenvalue weighted by Crippen LogP contribution is -2.11. The van der Waals surface area contributed by atoms with Gasteiger partial charge in [0.2, 0.25) is 0 Å². The zero-order chi connectivity index (χ0) is 46.8. The molecule has 332 valence electrons. The molecule has 0 saturated heterocycles. The molecule has 0 amide bonds. The summed E-state index contributed by atoms with van der Waals surface area (Å²) < 4.78 is 8.82. The van der Waals surface area contributed by atoms with Gasteiger partial charge in [-0.25, -0.2) is 0 Å². The highest BCUT2D eigenvalue weighted by Crippen LogP contribution is 2.44. The Balaban J connectivity index is 0.860. The van der Waals surface area contributed by atoms with Crippen LogP contribution in [0.2, 0.25) is 0 Å². The fraction of sp³-hybridized carbons (Fsp3) is 0. The molecule has 0 N–H and O–H groups in total. The van der Waals surface area contributed by atoms with Crippen LogP contribution in [0.5, 0.6) is 0 Å². The molecule has 14 aromatic rings. The normalized spacial score (nSPS) is 11.7. The van der Waals surface area contributed by atoms with E-state index in [-0.39, 0.29) is 0 Å². The minimum absolute atomic E-state index is 0.876. The van der Waals surface area contributed by atoms with Crippen molar-refractivity contribution in [1.82, 2.24) is 4.57 Å².